The Morgan fingerprint density at radius 3 is 2.67 bits per heavy atom. The molecule has 0 bridgehead atoms. The van der Waals surface area contributed by atoms with E-state index in [0.29, 0.717) is 6.04 Å². The third-order valence-electron chi connectivity index (χ3n) is 4.30. The van der Waals surface area contributed by atoms with Crippen molar-refractivity contribution in [2.24, 2.45) is 11.8 Å². The van der Waals surface area contributed by atoms with Crippen molar-refractivity contribution in [2.45, 2.75) is 46.1 Å². The summed E-state index contributed by atoms with van der Waals surface area (Å²) in [5, 5.41) is 3.47. The van der Waals surface area contributed by atoms with Gasteiger partial charge in [-0.3, -0.25) is 4.90 Å². The number of rotatable bonds is 7. The molecule has 0 aliphatic carbocycles. The van der Waals surface area contributed by atoms with E-state index in [-0.39, 0.29) is 0 Å². The van der Waals surface area contributed by atoms with Crippen LogP contribution >= 0.6 is 0 Å². The molecular weight excluding hydrogens is 224 g/mol. The van der Waals surface area contributed by atoms with Gasteiger partial charge in [0.25, 0.3) is 0 Å². The average molecular weight is 256 g/mol. The molecule has 0 amide bonds. The van der Waals surface area contributed by atoms with Gasteiger partial charge in [0.05, 0.1) is 6.61 Å². The fraction of sp³-hybridized carbons (Fsp3) is 1.00. The topological polar surface area (TPSA) is 24.5 Å². The molecule has 0 radical (unpaired) electrons. The van der Waals surface area contributed by atoms with Crippen LogP contribution in [0.1, 0.15) is 40.0 Å². The van der Waals surface area contributed by atoms with Crippen molar-refractivity contribution < 1.29 is 4.74 Å². The first-order chi connectivity index (χ1) is 8.65. The summed E-state index contributed by atoms with van der Waals surface area (Å²) in [5.41, 5.74) is 0. The predicted molar refractivity (Wildman–Crippen MR) is 78.0 cm³/mol. The van der Waals surface area contributed by atoms with Crippen molar-refractivity contribution in [3.05, 3.63) is 0 Å². The molecule has 0 saturated carbocycles. The lowest BCUT2D eigenvalue weighted by atomic mass is 9.89. The van der Waals surface area contributed by atoms with Crippen molar-refractivity contribution in [1.82, 2.24) is 10.2 Å². The summed E-state index contributed by atoms with van der Waals surface area (Å²) in [7, 11) is 1.76. The summed E-state index contributed by atoms with van der Waals surface area (Å²) < 4.78 is 5.05. The van der Waals surface area contributed by atoms with E-state index < -0.39 is 0 Å². The van der Waals surface area contributed by atoms with Gasteiger partial charge in [0.15, 0.2) is 0 Å². The molecule has 2 atom stereocenters. The van der Waals surface area contributed by atoms with Crippen molar-refractivity contribution in [2.75, 3.05) is 39.9 Å². The number of hydrogen-bond acceptors (Lipinski definition) is 3. The zero-order valence-electron chi connectivity index (χ0n) is 12.7. The maximum Gasteiger partial charge on any atom is 0.0587 e. The van der Waals surface area contributed by atoms with Crippen LogP contribution in [0.15, 0.2) is 0 Å². The Hall–Kier alpha value is -0.120. The SMILES string of the molecule is COCCNCC(C)N1CCCC(C(C)C)CC1. The molecule has 0 aromatic rings. The summed E-state index contributed by atoms with van der Waals surface area (Å²) >= 11 is 0. The number of methoxy groups -OCH3 is 1. The maximum atomic E-state index is 5.05. The molecule has 18 heavy (non-hydrogen) atoms. The van der Waals surface area contributed by atoms with E-state index in [9.17, 15) is 0 Å². The number of likely N-dealkylation sites (tertiary alicyclic amines) is 1. The van der Waals surface area contributed by atoms with Crippen LogP contribution in [0.4, 0.5) is 0 Å². The van der Waals surface area contributed by atoms with E-state index in [2.05, 4.69) is 31.0 Å². The minimum Gasteiger partial charge on any atom is -0.383 e. The molecule has 108 valence electrons. The van der Waals surface area contributed by atoms with E-state index in [0.717, 1.165) is 31.5 Å². The normalized spacial score (nSPS) is 24.2. The van der Waals surface area contributed by atoms with Gasteiger partial charge in [0.1, 0.15) is 0 Å². The molecule has 3 heteroatoms. The number of hydrogen-bond donors (Lipinski definition) is 1. The van der Waals surface area contributed by atoms with E-state index in [1.807, 2.05) is 0 Å². The lowest BCUT2D eigenvalue weighted by molar-refractivity contribution is 0.183. The largest absolute Gasteiger partial charge is 0.383 e. The second-order valence-corrected chi connectivity index (χ2v) is 6.02. The molecule has 1 rings (SSSR count). The van der Waals surface area contributed by atoms with Crippen LogP contribution in [0, 0.1) is 11.8 Å². The molecule has 1 fully saturated rings. The molecule has 0 aromatic carbocycles. The Labute approximate surface area is 113 Å². The summed E-state index contributed by atoms with van der Waals surface area (Å²) in [6, 6.07) is 0.646. The Morgan fingerprint density at radius 2 is 2.00 bits per heavy atom. The fourth-order valence-electron chi connectivity index (χ4n) is 2.87. The first kappa shape index (κ1) is 15.9. The summed E-state index contributed by atoms with van der Waals surface area (Å²) in [5.74, 6) is 1.78. The van der Waals surface area contributed by atoms with Crippen LogP contribution in [0.3, 0.4) is 0 Å². The molecule has 1 aliphatic rings. The monoisotopic (exact) mass is 256 g/mol. The Kier molecular flexibility index (Phi) is 7.87. The van der Waals surface area contributed by atoms with Gasteiger partial charge >= 0.3 is 0 Å². The van der Waals surface area contributed by atoms with Gasteiger partial charge in [-0.05, 0) is 51.1 Å². The van der Waals surface area contributed by atoms with Gasteiger partial charge in [-0.15, -0.1) is 0 Å². The van der Waals surface area contributed by atoms with Crippen molar-refractivity contribution >= 4 is 0 Å². The third-order valence-corrected chi connectivity index (χ3v) is 4.30. The molecular formula is C15H32N2O. The molecule has 1 N–H and O–H groups in total. The lowest BCUT2D eigenvalue weighted by Gasteiger charge is -2.28. The fourth-order valence-corrected chi connectivity index (χ4v) is 2.87. The van der Waals surface area contributed by atoms with Crippen molar-refractivity contribution in [3.63, 3.8) is 0 Å². The molecule has 1 aliphatic heterocycles. The van der Waals surface area contributed by atoms with Gasteiger partial charge < -0.3 is 10.1 Å². The molecule has 2 unspecified atom stereocenters. The van der Waals surface area contributed by atoms with E-state index >= 15 is 0 Å². The summed E-state index contributed by atoms with van der Waals surface area (Å²) in [4.78, 5) is 2.65. The van der Waals surface area contributed by atoms with E-state index in [1.165, 1.54) is 32.4 Å². The van der Waals surface area contributed by atoms with Crippen LogP contribution < -0.4 is 5.32 Å². The molecule has 1 saturated heterocycles. The molecule has 0 aromatic heterocycles. The second kappa shape index (κ2) is 8.89. The number of nitrogens with zero attached hydrogens (tertiary/aromatic N) is 1. The van der Waals surface area contributed by atoms with Crippen molar-refractivity contribution in [3.8, 4) is 0 Å². The molecule has 3 nitrogen and oxygen atoms in total. The standard InChI is InChI=1S/C15H32N2O/c1-13(2)15-6-5-9-17(10-7-15)14(3)12-16-8-11-18-4/h13-16H,5-12H2,1-4H3. The first-order valence-corrected chi connectivity index (χ1v) is 7.58. The highest BCUT2D eigenvalue weighted by Gasteiger charge is 2.21. The molecule has 0 spiro atoms. The number of nitrogens with one attached hydrogen (secondary N) is 1. The van der Waals surface area contributed by atoms with Gasteiger partial charge in [-0.2, -0.15) is 0 Å². The first-order valence-electron chi connectivity index (χ1n) is 7.58. The third kappa shape index (κ3) is 5.68. The van der Waals surface area contributed by atoms with Gasteiger partial charge in [0, 0.05) is 26.2 Å². The Bertz CT molecular complexity index is 209. The van der Waals surface area contributed by atoms with Gasteiger partial charge in [-0.25, -0.2) is 0 Å². The van der Waals surface area contributed by atoms with Crippen LogP contribution in [0.5, 0.6) is 0 Å². The zero-order chi connectivity index (χ0) is 13.4. The van der Waals surface area contributed by atoms with Crippen LogP contribution in [0.25, 0.3) is 0 Å². The van der Waals surface area contributed by atoms with Crippen LogP contribution in [-0.2, 0) is 4.74 Å². The zero-order valence-corrected chi connectivity index (χ0v) is 12.7. The maximum absolute atomic E-state index is 5.05. The lowest BCUT2D eigenvalue weighted by Crippen LogP contribution is -2.41. The summed E-state index contributed by atoms with van der Waals surface area (Å²) in [6.07, 6.45) is 4.16. The summed E-state index contributed by atoms with van der Waals surface area (Å²) in [6.45, 7) is 12.5. The minimum atomic E-state index is 0.646. The van der Waals surface area contributed by atoms with E-state index in [4.69, 9.17) is 4.74 Å². The Morgan fingerprint density at radius 1 is 1.22 bits per heavy atom. The minimum absolute atomic E-state index is 0.646. The predicted octanol–water partition coefficient (Wildman–Crippen LogP) is 2.37. The highest BCUT2D eigenvalue weighted by Crippen LogP contribution is 2.25. The quantitative estimate of drug-likeness (QED) is 0.708. The number of ether oxygens (including phenoxy) is 1. The van der Waals surface area contributed by atoms with Crippen LogP contribution in [0.2, 0.25) is 0 Å². The second-order valence-electron chi connectivity index (χ2n) is 6.02. The van der Waals surface area contributed by atoms with E-state index in [1.54, 1.807) is 7.11 Å². The molecule has 1 heterocycles. The van der Waals surface area contributed by atoms with Crippen molar-refractivity contribution in [1.29, 1.82) is 0 Å². The highest BCUT2D eigenvalue weighted by atomic mass is 16.5. The smallest absolute Gasteiger partial charge is 0.0587 e. The van der Waals surface area contributed by atoms with Crippen LogP contribution in [-0.4, -0.2) is 50.8 Å². The average Bonchev–Trinajstić information content (AvgIpc) is 2.60. The van der Waals surface area contributed by atoms with Gasteiger partial charge in [-0.1, -0.05) is 13.8 Å². The van der Waals surface area contributed by atoms with Gasteiger partial charge in [0.2, 0.25) is 0 Å². The Balaban J connectivity index is 2.24. The highest BCUT2D eigenvalue weighted by molar-refractivity contribution is 4.76.